The van der Waals surface area contributed by atoms with Gasteiger partial charge in [0.05, 0.1) is 10.6 Å². The number of likely N-dealkylation sites (N-methyl/N-ethyl adjacent to an activating group) is 1. The van der Waals surface area contributed by atoms with Crippen molar-refractivity contribution in [3.8, 4) is 0 Å². The van der Waals surface area contributed by atoms with Crippen molar-refractivity contribution >= 4 is 27.5 Å². The molecule has 2 amide bonds. The predicted molar refractivity (Wildman–Crippen MR) is 162 cm³/mol. The number of hydrogen-bond acceptors (Lipinski definition) is 4. The molecule has 0 radical (unpaired) electrons. The summed E-state index contributed by atoms with van der Waals surface area (Å²) in [5.74, 6) is -1.41. The molecule has 9 heteroatoms. The fraction of sp³-hybridized carbons (Fsp3) is 0.212. The Bertz CT molecular complexity index is 1600. The third-order valence-electron chi connectivity index (χ3n) is 7.03. The van der Waals surface area contributed by atoms with E-state index in [4.69, 9.17) is 0 Å². The van der Waals surface area contributed by atoms with Crippen LogP contribution in [0.2, 0.25) is 0 Å². The molecule has 0 aromatic heterocycles. The Morgan fingerprint density at radius 1 is 0.810 bits per heavy atom. The Balaban J connectivity index is 1.80. The zero-order chi connectivity index (χ0) is 30.1. The highest BCUT2D eigenvalue weighted by Gasteiger charge is 2.34. The van der Waals surface area contributed by atoms with Gasteiger partial charge in [-0.05, 0) is 53.4 Å². The highest BCUT2D eigenvalue weighted by Crippen LogP contribution is 2.28. The van der Waals surface area contributed by atoms with Crippen LogP contribution in [0.5, 0.6) is 0 Å². The van der Waals surface area contributed by atoms with Crippen LogP contribution in [0.4, 0.5) is 10.1 Å². The zero-order valence-electron chi connectivity index (χ0n) is 23.6. The molecule has 1 atom stereocenters. The van der Waals surface area contributed by atoms with Crippen molar-refractivity contribution in [2.45, 2.75) is 37.2 Å². The van der Waals surface area contributed by atoms with Crippen LogP contribution >= 0.6 is 0 Å². The number of benzene rings is 4. The van der Waals surface area contributed by atoms with Crippen LogP contribution < -0.4 is 9.62 Å². The smallest absolute Gasteiger partial charge is 0.264 e. The fourth-order valence-corrected chi connectivity index (χ4v) is 6.27. The number of amides is 2. The second-order valence-electron chi connectivity index (χ2n) is 9.77. The summed E-state index contributed by atoms with van der Waals surface area (Å²) in [5, 5.41) is 2.65. The minimum absolute atomic E-state index is 0.0291. The second kappa shape index (κ2) is 13.9. The van der Waals surface area contributed by atoms with Gasteiger partial charge in [-0.3, -0.25) is 13.9 Å². The first-order valence-corrected chi connectivity index (χ1v) is 15.1. The number of nitrogens with one attached hydrogen (secondary N) is 1. The van der Waals surface area contributed by atoms with Crippen molar-refractivity contribution in [3.63, 3.8) is 0 Å². The van der Waals surface area contributed by atoms with Gasteiger partial charge in [-0.25, -0.2) is 12.8 Å². The Labute approximate surface area is 246 Å². The maximum Gasteiger partial charge on any atom is 0.264 e. The van der Waals surface area contributed by atoms with E-state index < -0.39 is 40.2 Å². The lowest BCUT2D eigenvalue weighted by Crippen LogP contribution is -2.53. The molecule has 42 heavy (non-hydrogen) atoms. The molecule has 0 spiro atoms. The van der Waals surface area contributed by atoms with E-state index in [1.807, 2.05) is 49.4 Å². The number of carbonyl (C=O) groups excluding carboxylic acids is 2. The highest BCUT2D eigenvalue weighted by atomic mass is 32.2. The summed E-state index contributed by atoms with van der Waals surface area (Å²) >= 11 is 0. The maximum absolute atomic E-state index is 14.3. The molecular formula is C33H34FN3O4S. The summed E-state index contributed by atoms with van der Waals surface area (Å²) in [6, 6.07) is 29.0. The van der Waals surface area contributed by atoms with Crippen molar-refractivity contribution < 1.29 is 22.4 Å². The minimum Gasteiger partial charge on any atom is -0.357 e. The average molecular weight is 588 g/mol. The summed E-state index contributed by atoms with van der Waals surface area (Å²) < 4.78 is 42.9. The van der Waals surface area contributed by atoms with Crippen LogP contribution in [-0.2, 0) is 39.0 Å². The molecule has 0 aliphatic heterocycles. The number of hydrogen-bond donors (Lipinski definition) is 1. The number of para-hydroxylation sites is 1. The average Bonchev–Trinajstić information content (AvgIpc) is 3.02. The van der Waals surface area contributed by atoms with Gasteiger partial charge >= 0.3 is 0 Å². The molecule has 7 nitrogen and oxygen atoms in total. The number of sulfonamides is 1. The van der Waals surface area contributed by atoms with E-state index in [0.29, 0.717) is 17.7 Å². The van der Waals surface area contributed by atoms with Crippen LogP contribution in [-0.4, -0.2) is 44.8 Å². The standard InChI is InChI=1S/C33H34FN3O4S/c1-3-27-14-10-11-17-30(27)37(42(40,41)29-15-8-5-9-16-29)24-32(38)36(23-26-18-20-28(34)21-19-26)31(33(39)35-2)22-25-12-6-4-7-13-25/h4-21,31H,3,22-24H2,1-2H3,(H,35,39)/t31-/m0/s1. The minimum atomic E-state index is -4.17. The molecule has 0 unspecified atom stereocenters. The molecule has 218 valence electrons. The Kier molecular flexibility index (Phi) is 10.1. The van der Waals surface area contributed by atoms with Gasteiger partial charge in [-0.2, -0.15) is 0 Å². The van der Waals surface area contributed by atoms with Crippen LogP contribution in [0.25, 0.3) is 0 Å². The van der Waals surface area contributed by atoms with Gasteiger partial charge in [0, 0.05) is 20.0 Å². The van der Waals surface area contributed by atoms with E-state index >= 15 is 0 Å². The molecule has 0 aliphatic carbocycles. The molecule has 0 aliphatic rings. The van der Waals surface area contributed by atoms with Crippen molar-refractivity contribution in [3.05, 3.63) is 132 Å². The summed E-state index contributed by atoms with van der Waals surface area (Å²) in [6.45, 7) is 1.34. The summed E-state index contributed by atoms with van der Waals surface area (Å²) in [4.78, 5) is 29.0. The van der Waals surface area contributed by atoms with E-state index in [0.717, 1.165) is 15.4 Å². The molecule has 0 heterocycles. The van der Waals surface area contributed by atoms with E-state index in [2.05, 4.69) is 5.32 Å². The first kappa shape index (κ1) is 30.5. The van der Waals surface area contributed by atoms with Crippen molar-refractivity contribution in [1.82, 2.24) is 10.2 Å². The van der Waals surface area contributed by atoms with E-state index in [9.17, 15) is 22.4 Å². The van der Waals surface area contributed by atoms with Gasteiger partial charge in [0.25, 0.3) is 10.0 Å². The predicted octanol–water partition coefficient (Wildman–Crippen LogP) is 4.97. The van der Waals surface area contributed by atoms with E-state index in [-0.39, 0.29) is 17.9 Å². The van der Waals surface area contributed by atoms with Crippen molar-refractivity contribution in [2.75, 3.05) is 17.9 Å². The Morgan fingerprint density at radius 3 is 2.02 bits per heavy atom. The SMILES string of the molecule is CCc1ccccc1N(CC(=O)N(Cc1ccc(F)cc1)[C@@H](Cc1ccccc1)C(=O)NC)S(=O)(=O)c1ccccc1. The fourth-order valence-electron chi connectivity index (χ4n) is 4.79. The lowest BCUT2D eigenvalue weighted by Gasteiger charge is -2.34. The van der Waals surface area contributed by atoms with Crippen molar-refractivity contribution in [2.24, 2.45) is 0 Å². The molecule has 4 rings (SSSR count). The third kappa shape index (κ3) is 7.22. The van der Waals surface area contributed by atoms with Crippen LogP contribution in [0.15, 0.2) is 114 Å². The number of halogens is 1. The molecule has 4 aromatic carbocycles. The zero-order valence-corrected chi connectivity index (χ0v) is 24.4. The van der Waals surface area contributed by atoms with Crippen molar-refractivity contribution in [1.29, 1.82) is 0 Å². The lowest BCUT2D eigenvalue weighted by molar-refractivity contribution is -0.139. The number of rotatable bonds is 12. The summed E-state index contributed by atoms with van der Waals surface area (Å²) in [5.41, 5.74) is 2.56. The molecule has 4 aromatic rings. The number of anilines is 1. The molecule has 0 saturated heterocycles. The lowest BCUT2D eigenvalue weighted by atomic mass is 10.0. The van der Waals surface area contributed by atoms with Gasteiger partial charge in [0.15, 0.2) is 0 Å². The first-order valence-electron chi connectivity index (χ1n) is 13.7. The summed E-state index contributed by atoms with van der Waals surface area (Å²) in [7, 11) is -2.68. The Hall–Kier alpha value is -4.50. The van der Waals surface area contributed by atoms with Gasteiger partial charge in [-0.1, -0.05) is 85.8 Å². The van der Waals surface area contributed by atoms with E-state index in [1.165, 1.54) is 36.2 Å². The first-order chi connectivity index (χ1) is 20.2. The molecule has 0 fully saturated rings. The molecule has 0 saturated carbocycles. The monoisotopic (exact) mass is 587 g/mol. The van der Waals surface area contributed by atoms with Gasteiger partial charge in [0.1, 0.15) is 18.4 Å². The third-order valence-corrected chi connectivity index (χ3v) is 8.81. The molecule has 0 bridgehead atoms. The van der Waals surface area contributed by atoms with Gasteiger partial charge < -0.3 is 10.2 Å². The Morgan fingerprint density at radius 2 is 1.40 bits per heavy atom. The van der Waals surface area contributed by atoms with Gasteiger partial charge in [-0.15, -0.1) is 0 Å². The normalized spacial score (nSPS) is 11.9. The maximum atomic E-state index is 14.3. The number of nitrogens with zero attached hydrogens (tertiary/aromatic N) is 2. The largest absolute Gasteiger partial charge is 0.357 e. The summed E-state index contributed by atoms with van der Waals surface area (Å²) in [6.07, 6.45) is 0.740. The molecular weight excluding hydrogens is 553 g/mol. The molecule has 1 N–H and O–H groups in total. The highest BCUT2D eigenvalue weighted by molar-refractivity contribution is 7.92. The van der Waals surface area contributed by atoms with Crippen LogP contribution in [0.1, 0.15) is 23.6 Å². The van der Waals surface area contributed by atoms with Crippen LogP contribution in [0, 0.1) is 5.82 Å². The number of carbonyl (C=O) groups is 2. The van der Waals surface area contributed by atoms with Gasteiger partial charge in [0.2, 0.25) is 11.8 Å². The number of aryl methyl sites for hydroxylation is 1. The van der Waals surface area contributed by atoms with Crippen LogP contribution in [0.3, 0.4) is 0 Å². The quantitative estimate of drug-likeness (QED) is 0.254. The topological polar surface area (TPSA) is 86.8 Å². The van der Waals surface area contributed by atoms with E-state index in [1.54, 1.807) is 42.5 Å². The second-order valence-corrected chi connectivity index (χ2v) is 11.6.